The highest BCUT2D eigenvalue weighted by Gasteiger charge is 2.29. The maximum absolute atomic E-state index is 12.4. The van der Waals surface area contributed by atoms with Crippen LogP contribution in [0.25, 0.3) is 6.08 Å². The van der Waals surface area contributed by atoms with Gasteiger partial charge in [0.1, 0.15) is 5.70 Å². The lowest BCUT2D eigenvalue weighted by atomic mass is 10.1. The third-order valence-electron chi connectivity index (χ3n) is 3.36. The zero-order valence-electron chi connectivity index (χ0n) is 13.1. The van der Waals surface area contributed by atoms with Crippen LogP contribution in [0.4, 0.5) is 0 Å². The first kappa shape index (κ1) is 17.7. The maximum atomic E-state index is 12.4. The van der Waals surface area contributed by atoms with Crippen LogP contribution in [-0.4, -0.2) is 34.2 Å². The van der Waals surface area contributed by atoms with Gasteiger partial charge in [-0.2, -0.15) is 0 Å². The van der Waals surface area contributed by atoms with E-state index >= 15 is 0 Å². The first-order valence-electron chi connectivity index (χ1n) is 7.47. The molecule has 1 aliphatic rings. The normalized spacial score (nSPS) is 16.1. The number of ether oxygens (including phenoxy) is 1. The minimum Gasteiger partial charge on any atom is -0.503 e. The van der Waals surface area contributed by atoms with Crippen LogP contribution in [0.5, 0.6) is 11.5 Å². The fourth-order valence-electron chi connectivity index (χ4n) is 2.20. The van der Waals surface area contributed by atoms with Gasteiger partial charge >= 0.3 is 0 Å². The number of unbranched alkanes of at least 4 members (excludes halogenated alkanes) is 1. The highest BCUT2D eigenvalue weighted by molar-refractivity contribution is 9.10. The van der Waals surface area contributed by atoms with Gasteiger partial charge in [-0.3, -0.25) is 9.69 Å². The number of nitrogens with zero attached hydrogens (tertiary/aromatic N) is 1. The molecular formula is C16H19BrN2O3S. The van der Waals surface area contributed by atoms with Crippen LogP contribution >= 0.6 is 28.1 Å². The van der Waals surface area contributed by atoms with Crippen molar-refractivity contribution in [1.29, 1.82) is 0 Å². The Kier molecular flexibility index (Phi) is 6.01. The number of benzene rings is 1. The molecule has 0 aromatic heterocycles. The zero-order valence-corrected chi connectivity index (χ0v) is 15.5. The van der Waals surface area contributed by atoms with Crippen molar-refractivity contribution < 1.29 is 14.6 Å². The molecule has 5 nitrogen and oxygen atoms in total. The highest BCUT2D eigenvalue weighted by atomic mass is 79.9. The van der Waals surface area contributed by atoms with E-state index in [1.165, 1.54) is 0 Å². The predicted molar refractivity (Wildman–Crippen MR) is 97.3 cm³/mol. The summed E-state index contributed by atoms with van der Waals surface area (Å²) in [6.07, 6.45) is 3.60. The number of phenolic OH excluding ortho intramolecular Hbond substituents is 1. The lowest BCUT2D eigenvalue weighted by molar-refractivity contribution is -0.122. The highest BCUT2D eigenvalue weighted by Crippen LogP contribution is 2.36. The Labute approximate surface area is 149 Å². The van der Waals surface area contributed by atoms with Gasteiger partial charge in [0.05, 0.1) is 11.1 Å². The van der Waals surface area contributed by atoms with Crippen LogP contribution in [0.1, 0.15) is 32.3 Å². The Morgan fingerprint density at radius 2 is 2.17 bits per heavy atom. The topological polar surface area (TPSA) is 61.8 Å². The van der Waals surface area contributed by atoms with E-state index in [1.807, 2.05) is 6.92 Å². The van der Waals surface area contributed by atoms with Gasteiger partial charge in [-0.05, 0) is 65.3 Å². The van der Waals surface area contributed by atoms with Gasteiger partial charge < -0.3 is 15.2 Å². The van der Waals surface area contributed by atoms with Gasteiger partial charge in [-0.15, -0.1) is 0 Å². The standard InChI is InChI=1S/C16H19BrN2O3S/c1-3-5-6-19-15(21)12(18-16(19)23)8-10-7-11(17)14(20)13(9-10)22-4-2/h7-9,20H,3-6H2,1-2H3,(H,18,23)/b12-8+. The number of phenols is 1. The number of rotatable bonds is 6. The molecule has 1 amide bonds. The number of hydrogen-bond acceptors (Lipinski definition) is 4. The summed E-state index contributed by atoms with van der Waals surface area (Å²) in [5.41, 5.74) is 1.15. The molecule has 2 N–H and O–H groups in total. The van der Waals surface area contributed by atoms with Crippen molar-refractivity contribution in [3.8, 4) is 11.5 Å². The van der Waals surface area contributed by atoms with E-state index in [0.29, 0.717) is 34.2 Å². The molecule has 0 aliphatic carbocycles. The van der Waals surface area contributed by atoms with Crippen LogP contribution in [0.15, 0.2) is 22.3 Å². The molecule has 124 valence electrons. The van der Waals surface area contributed by atoms with E-state index in [-0.39, 0.29) is 11.7 Å². The van der Waals surface area contributed by atoms with E-state index in [4.69, 9.17) is 17.0 Å². The first-order valence-corrected chi connectivity index (χ1v) is 8.67. The van der Waals surface area contributed by atoms with Gasteiger partial charge in [0.15, 0.2) is 16.6 Å². The van der Waals surface area contributed by atoms with Gasteiger partial charge in [-0.1, -0.05) is 13.3 Å². The summed E-state index contributed by atoms with van der Waals surface area (Å²) in [4.78, 5) is 14.0. The SMILES string of the molecule is CCCCN1C(=O)/C(=C\c2cc(Br)c(O)c(OCC)c2)NC1=S. The molecular weight excluding hydrogens is 380 g/mol. The number of halogens is 1. The van der Waals surface area contributed by atoms with Crippen LogP contribution in [0.3, 0.4) is 0 Å². The number of carbonyl (C=O) groups is 1. The molecule has 0 bridgehead atoms. The number of amides is 1. The molecule has 7 heteroatoms. The van der Waals surface area contributed by atoms with E-state index < -0.39 is 0 Å². The van der Waals surface area contributed by atoms with Crippen molar-refractivity contribution in [1.82, 2.24) is 10.2 Å². The molecule has 1 heterocycles. The molecule has 0 unspecified atom stereocenters. The van der Waals surface area contributed by atoms with E-state index in [9.17, 15) is 9.90 Å². The number of carbonyl (C=O) groups excluding carboxylic acids is 1. The minimum atomic E-state index is -0.134. The average molecular weight is 399 g/mol. The van der Waals surface area contributed by atoms with Crippen molar-refractivity contribution >= 4 is 45.2 Å². The summed E-state index contributed by atoms with van der Waals surface area (Å²) >= 11 is 8.51. The Morgan fingerprint density at radius 1 is 1.43 bits per heavy atom. The fourth-order valence-corrected chi connectivity index (χ4v) is 2.94. The predicted octanol–water partition coefficient (Wildman–Crippen LogP) is 3.41. The largest absolute Gasteiger partial charge is 0.503 e. The zero-order chi connectivity index (χ0) is 17.0. The van der Waals surface area contributed by atoms with Gasteiger partial charge in [0, 0.05) is 6.54 Å². The van der Waals surface area contributed by atoms with Crippen molar-refractivity contribution in [3.05, 3.63) is 27.9 Å². The van der Waals surface area contributed by atoms with Crippen molar-refractivity contribution in [2.75, 3.05) is 13.2 Å². The smallest absolute Gasteiger partial charge is 0.276 e. The Hall–Kier alpha value is -1.60. The second-order valence-electron chi connectivity index (χ2n) is 5.08. The quantitative estimate of drug-likeness (QED) is 0.567. The Bertz CT molecular complexity index is 661. The molecule has 1 fully saturated rings. The second-order valence-corrected chi connectivity index (χ2v) is 6.32. The molecule has 1 saturated heterocycles. The molecule has 0 spiro atoms. The molecule has 2 rings (SSSR count). The Balaban J connectivity index is 2.28. The number of hydrogen-bond donors (Lipinski definition) is 2. The Morgan fingerprint density at radius 3 is 2.83 bits per heavy atom. The van der Waals surface area contributed by atoms with E-state index in [1.54, 1.807) is 23.1 Å². The molecule has 1 aromatic carbocycles. The van der Waals surface area contributed by atoms with Crippen molar-refractivity contribution in [2.45, 2.75) is 26.7 Å². The van der Waals surface area contributed by atoms with Gasteiger partial charge in [0.25, 0.3) is 5.91 Å². The van der Waals surface area contributed by atoms with Gasteiger partial charge in [-0.25, -0.2) is 0 Å². The van der Waals surface area contributed by atoms with Crippen molar-refractivity contribution in [3.63, 3.8) is 0 Å². The minimum absolute atomic E-state index is 0.0415. The van der Waals surface area contributed by atoms with E-state index in [2.05, 4.69) is 28.2 Å². The molecule has 0 atom stereocenters. The summed E-state index contributed by atoms with van der Waals surface area (Å²) in [5, 5.41) is 13.3. The summed E-state index contributed by atoms with van der Waals surface area (Å²) in [5.74, 6) is 0.273. The second kappa shape index (κ2) is 7.79. The molecule has 0 saturated carbocycles. The lowest BCUT2D eigenvalue weighted by Gasteiger charge is -2.12. The molecule has 23 heavy (non-hydrogen) atoms. The van der Waals surface area contributed by atoms with Crippen LogP contribution in [0.2, 0.25) is 0 Å². The number of thiocarbonyl (C=S) groups is 1. The summed E-state index contributed by atoms with van der Waals surface area (Å²) < 4.78 is 5.90. The average Bonchev–Trinajstić information content (AvgIpc) is 2.77. The maximum Gasteiger partial charge on any atom is 0.276 e. The summed E-state index contributed by atoms with van der Waals surface area (Å²) in [6, 6.07) is 3.40. The van der Waals surface area contributed by atoms with Gasteiger partial charge in [0.2, 0.25) is 0 Å². The summed E-state index contributed by atoms with van der Waals surface area (Å²) in [7, 11) is 0. The molecule has 0 radical (unpaired) electrons. The molecule has 1 aromatic rings. The van der Waals surface area contributed by atoms with Crippen LogP contribution in [-0.2, 0) is 4.79 Å². The van der Waals surface area contributed by atoms with E-state index in [0.717, 1.165) is 18.4 Å². The fraction of sp³-hybridized carbons (Fsp3) is 0.375. The van der Waals surface area contributed by atoms with Crippen LogP contribution < -0.4 is 10.1 Å². The summed E-state index contributed by atoms with van der Waals surface area (Å²) in [6.45, 7) is 4.95. The molecule has 1 aliphatic heterocycles. The van der Waals surface area contributed by atoms with Crippen LogP contribution in [0, 0.1) is 0 Å². The third-order valence-corrected chi connectivity index (χ3v) is 4.29. The first-order chi connectivity index (χ1) is 11.0. The monoisotopic (exact) mass is 398 g/mol. The third kappa shape index (κ3) is 4.03. The number of nitrogens with one attached hydrogen (secondary N) is 1. The van der Waals surface area contributed by atoms with Crippen molar-refractivity contribution in [2.24, 2.45) is 0 Å². The number of aromatic hydroxyl groups is 1. The lowest BCUT2D eigenvalue weighted by Crippen LogP contribution is -2.31.